The van der Waals surface area contributed by atoms with Crippen molar-refractivity contribution in [3.05, 3.63) is 0 Å². The predicted octanol–water partition coefficient (Wildman–Crippen LogP) is -9.56. The smallest absolute Gasteiger partial charge is 0.784 e. The number of aliphatic hydroxyl groups is 2. The Morgan fingerprint density at radius 1 is 1.25 bits per heavy atom. The number of rotatable bonds is 2. The maximum atomic E-state index is 8.44. The van der Waals surface area contributed by atoms with Gasteiger partial charge in [-0.15, -0.1) is 11.4 Å². The molecule has 0 fully saturated rings. The van der Waals surface area contributed by atoms with Gasteiger partial charge >= 0.3 is 59.1 Å². The first-order valence-corrected chi connectivity index (χ1v) is 4.13. The summed E-state index contributed by atoms with van der Waals surface area (Å²) in [5.74, 6) is 0.330. The molecule has 0 aromatic heterocycles. The summed E-state index contributed by atoms with van der Waals surface area (Å²) in [4.78, 5) is 8.00. The molecule has 92 valence electrons. The maximum absolute atomic E-state index is 8.44. The van der Waals surface area contributed by atoms with Gasteiger partial charge in [-0.05, 0) is 0 Å². The third kappa shape index (κ3) is 101. The molecule has 6 N–H and O–H groups in total. The summed E-state index contributed by atoms with van der Waals surface area (Å²) in [6.45, 7) is 1.81. The van der Waals surface area contributed by atoms with Crippen LogP contribution in [-0.4, -0.2) is 59.7 Å². The number of hydrogen-bond donors (Lipinski definition) is 3. The minimum absolute atomic E-state index is 0. The van der Waals surface area contributed by atoms with Crippen LogP contribution in [0.25, 0.3) is 0 Å². The Kier molecular flexibility index (Phi) is 117. The molecule has 0 saturated carbocycles. The Morgan fingerprint density at radius 2 is 1.44 bits per heavy atom. The van der Waals surface area contributed by atoms with E-state index in [9.17, 15) is 0 Å². The van der Waals surface area contributed by atoms with Gasteiger partial charge in [-0.2, -0.15) is 12.6 Å². The van der Waals surface area contributed by atoms with Crippen molar-refractivity contribution in [3.63, 3.8) is 0 Å². The maximum Gasteiger partial charge on any atom is 1.00 e. The van der Waals surface area contributed by atoms with Crippen molar-refractivity contribution >= 4 is 30.8 Å². The van der Waals surface area contributed by atoms with Crippen LogP contribution < -0.4 is 59.1 Å². The van der Waals surface area contributed by atoms with Gasteiger partial charge in [0, 0.05) is 5.75 Å². The Balaban J connectivity index is -0.0000000148. The van der Waals surface area contributed by atoms with Crippen LogP contribution >= 0.6 is 12.6 Å². The molecule has 0 saturated heterocycles. The van der Waals surface area contributed by atoms with Gasteiger partial charge in [-0.1, -0.05) is 0 Å². The molecule has 0 heterocycles. The molecule has 0 radical (unpaired) electrons. The van der Waals surface area contributed by atoms with Gasteiger partial charge in [0.1, 0.15) is 6.79 Å². The second-order valence-electron chi connectivity index (χ2n) is 1.22. The number of carbonyl (C=O) groups is 1. The van der Waals surface area contributed by atoms with Crippen molar-refractivity contribution in [2.24, 2.45) is 0 Å². The van der Waals surface area contributed by atoms with Crippen LogP contribution in [0, 0.1) is 0 Å². The van der Waals surface area contributed by atoms with Gasteiger partial charge in [0.25, 0.3) is 0 Å². The van der Waals surface area contributed by atoms with E-state index in [1.54, 1.807) is 0 Å². The molecule has 1 unspecified atom stereocenters. The van der Waals surface area contributed by atoms with E-state index in [-0.39, 0.29) is 76.7 Å². The van der Waals surface area contributed by atoms with Crippen molar-refractivity contribution in [2.75, 3.05) is 12.4 Å². The van der Waals surface area contributed by atoms with Crippen molar-refractivity contribution in [3.8, 4) is 0 Å². The summed E-state index contributed by atoms with van der Waals surface area (Å²) in [6.07, 6.45) is -0.645. The number of aliphatic hydroxyl groups excluding tert-OH is 2. The first-order chi connectivity index (χ1) is 5.54. The van der Waals surface area contributed by atoms with Gasteiger partial charge in [-0.3, -0.25) is 4.21 Å². The fourth-order valence-electron chi connectivity index (χ4n) is 0.0577. The van der Waals surface area contributed by atoms with Gasteiger partial charge in [0.15, 0.2) is 0 Å². The molecule has 1 atom stereocenters. The van der Waals surface area contributed by atoms with Crippen LogP contribution in [0.5, 0.6) is 0 Å². The molecule has 0 spiro atoms. The van der Waals surface area contributed by atoms with Crippen LogP contribution in [-0.2, 0) is 16.2 Å². The Labute approximate surface area is 146 Å². The van der Waals surface area contributed by atoms with Gasteiger partial charge in [0.05, 0.1) is 12.7 Å². The van der Waals surface area contributed by atoms with E-state index in [1.165, 1.54) is 0 Å². The zero-order valence-electron chi connectivity index (χ0n) is 9.08. The molecular weight excluding hydrogens is 286 g/mol. The molecule has 12 heteroatoms. The molecule has 8 nitrogen and oxygen atoms in total. The average Bonchev–Trinajstić information content (AvgIpc) is 2.06. The van der Waals surface area contributed by atoms with E-state index in [0.717, 1.165) is 0 Å². The van der Waals surface area contributed by atoms with Crippen molar-refractivity contribution in [1.82, 2.24) is 0 Å². The van der Waals surface area contributed by atoms with Crippen LogP contribution in [0.4, 0.5) is 0 Å². The van der Waals surface area contributed by atoms with Gasteiger partial charge < -0.3 is 35.1 Å². The van der Waals surface area contributed by atoms with Crippen molar-refractivity contribution in [1.29, 1.82) is 0 Å². The standard InChI is InChI=1S/C3H8O2S.CH2O.2Na.H2O3S.2H2O/c4-1-3(5)2-6;1-2;;;1-4(2)3;;/h3-6H,1-2H2;1H2;;;(H2,1,2,3);2*1H2/q;;2*+1;;;/p-2. The summed E-state index contributed by atoms with van der Waals surface area (Å²) in [5.41, 5.74) is 0. The molecule has 0 amide bonds. The molecule has 0 aliphatic rings. The summed E-state index contributed by atoms with van der Waals surface area (Å²) in [7, 11) is 0. The van der Waals surface area contributed by atoms with E-state index in [4.69, 9.17) is 28.3 Å². The Bertz CT molecular complexity index is 102. The van der Waals surface area contributed by atoms with E-state index < -0.39 is 17.5 Å². The summed E-state index contributed by atoms with van der Waals surface area (Å²) in [6, 6.07) is 0. The minimum atomic E-state index is -3.11. The first-order valence-electron chi connectivity index (χ1n) is 2.50. The minimum Gasteiger partial charge on any atom is -0.784 e. The second kappa shape index (κ2) is 43.6. The molecule has 0 aromatic rings. The van der Waals surface area contributed by atoms with Crippen molar-refractivity contribution < 1.29 is 98.4 Å². The summed E-state index contributed by atoms with van der Waals surface area (Å²) < 4.78 is 25.3. The molecule has 0 aliphatic carbocycles. The monoisotopic (exact) mass is 300 g/mol. The predicted molar refractivity (Wildman–Crippen MR) is 51.0 cm³/mol. The number of hydrogen-bond acceptors (Lipinski definition) is 7. The third-order valence-corrected chi connectivity index (χ3v) is 0.843. The zero-order valence-corrected chi connectivity index (χ0v) is 14.8. The van der Waals surface area contributed by atoms with E-state index in [2.05, 4.69) is 12.6 Å². The molecule has 0 rings (SSSR count). The second-order valence-corrected chi connectivity index (χ2v) is 2.00. The molecule has 0 bridgehead atoms. The normalized spacial score (nSPS) is 7.88. The third-order valence-electron chi connectivity index (χ3n) is 0.421. The van der Waals surface area contributed by atoms with Crippen LogP contribution in [0.1, 0.15) is 0 Å². The quantitative estimate of drug-likeness (QED) is 0.258. The largest absolute Gasteiger partial charge is 1.00 e. The molecular formula is C4H14Na2O8S2. The number of thiol groups is 1. The fourth-order valence-corrected chi connectivity index (χ4v) is 0.173. The van der Waals surface area contributed by atoms with Crippen LogP contribution in [0.15, 0.2) is 0 Å². The van der Waals surface area contributed by atoms with E-state index in [1.807, 2.05) is 6.79 Å². The van der Waals surface area contributed by atoms with E-state index in [0.29, 0.717) is 5.75 Å². The zero-order chi connectivity index (χ0) is 10.6. The average molecular weight is 300 g/mol. The Morgan fingerprint density at radius 3 is 1.44 bits per heavy atom. The fraction of sp³-hybridized carbons (Fsp3) is 0.750. The van der Waals surface area contributed by atoms with Gasteiger partial charge in [-0.25, -0.2) is 0 Å². The summed E-state index contributed by atoms with van der Waals surface area (Å²) in [5, 5.41) is 16.4. The van der Waals surface area contributed by atoms with Crippen LogP contribution in [0.2, 0.25) is 0 Å². The van der Waals surface area contributed by atoms with Gasteiger partial charge in [0.2, 0.25) is 0 Å². The molecule has 0 aromatic carbocycles. The Hall–Kier alpha value is 1.93. The van der Waals surface area contributed by atoms with E-state index >= 15 is 0 Å². The first kappa shape index (κ1) is 43.0. The molecule has 16 heavy (non-hydrogen) atoms. The number of carbonyl (C=O) groups excluding carboxylic acids is 1. The summed E-state index contributed by atoms with van der Waals surface area (Å²) >= 11 is 0.574. The van der Waals surface area contributed by atoms with Crippen molar-refractivity contribution in [2.45, 2.75) is 6.10 Å². The van der Waals surface area contributed by atoms with Crippen LogP contribution in [0.3, 0.4) is 0 Å². The molecule has 0 aliphatic heterocycles. The topological polar surface area (TPSA) is 184 Å². The SMILES string of the molecule is C=O.O.O.O=S([O-])[O-].OCC(O)CS.[Na+].[Na+].